The zero-order chi connectivity index (χ0) is 29.9. The van der Waals surface area contributed by atoms with E-state index in [2.05, 4.69) is 36.4 Å². The van der Waals surface area contributed by atoms with Crippen LogP contribution in [0.2, 0.25) is 0 Å². The molecular formula is C29H58N4O5. The second-order valence-electron chi connectivity index (χ2n) is 11.1. The number of amides is 1. The molecule has 38 heavy (non-hydrogen) atoms. The van der Waals surface area contributed by atoms with E-state index in [0.29, 0.717) is 12.8 Å². The summed E-state index contributed by atoms with van der Waals surface area (Å²) < 4.78 is 6.99. The van der Waals surface area contributed by atoms with Crippen LogP contribution < -0.4 is 5.32 Å². The van der Waals surface area contributed by atoms with Crippen molar-refractivity contribution < 1.29 is 24.5 Å². The number of nitrogens with one attached hydrogen (secondary N) is 1. The average Bonchev–Trinajstić information content (AvgIpc) is 3.31. The van der Waals surface area contributed by atoms with Crippen molar-refractivity contribution in [3.8, 4) is 0 Å². The SMILES string of the molecule is CCC(O)CC(C)C(=O)NC.CCCCC(CC)(CO)OC.CCCc1cn(C(C(C)=O)C(C)(C)C)nn1. The molecule has 224 valence electrons. The molecule has 9 heteroatoms. The molecule has 1 aromatic rings. The molecule has 0 spiro atoms. The molecule has 0 fully saturated rings. The summed E-state index contributed by atoms with van der Waals surface area (Å²) in [6.07, 6.45) is 8.90. The number of nitrogens with zero attached hydrogens (tertiary/aromatic N) is 3. The highest BCUT2D eigenvalue weighted by Gasteiger charge is 2.31. The maximum absolute atomic E-state index is 11.7. The number of hydrogen-bond donors (Lipinski definition) is 3. The fourth-order valence-electron chi connectivity index (χ4n) is 4.11. The molecule has 0 radical (unpaired) electrons. The maximum atomic E-state index is 11.7. The number of carbonyl (C=O) groups excluding carboxylic acids is 2. The molecule has 0 aromatic carbocycles. The van der Waals surface area contributed by atoms with Crippen LogP contribution in [-0.4, -0.2) is 69.4 Å². The van der Waals surface area contributed by atoms with Crippen LogP contribution in [0.15, 0.2) is 6.20 Å². The van der Waals surface area contributed by atoms with Gasteiger partial charge in [0.25, 0.3) is 0 Å². The van der Waals surface area contributed by atoms with Crippen LogP contribution in [-0.2, 0) is 20.7 Å². The molecule has 0 aliphatic carbocycles. The summed E-state index contributed by atoms with van der Waals surface area (Å²) in [6, 6.07) is -0.231. The monoisotopic (exact) mass is 542 g/mol. The second-order valence-corrected chi connectivity index (χ2v) is 11.1. The first-order chi connectivity index (χ1) is 17.7. The minimum atomic E-state index is -0.345. The average molecular weight is 543 g/mol. The summed E-state index contributed by atoms with van der Waals surface area (Å²) in [6.45, 7) is 17.9. The fourth-order valence-corrected chi connectivity index (χ4v) is 4.11. The topological polar surface area (TPSA) is 127 Å². The molecule has 4 atom stereocenters. The highest BCUT2D eigenvalue weighted by molar-refractivity contribution is 5.80. The minimum absolute atomic E-state index is 0.00231. The lowest BCUT2D eigenvalue weighted by molar-refractivity contribution is -0.125. The first-order valence-corrected chi connectivity index (χ1v) is 14.2. The van der Waals surface area contributed by atoms with Crippen molar-refractivity contribution in [1.82, 2.24) is 20.3 Å². The molecule has 1 rings (SSSR count). The molecule has 3 N–H and O–H groups in total. The number of aliphatic hydroxyl groups is 2. The zero-order valence-electron chi connectivity index (χ0n) is 26.1. The van der Waals surface area contributed by atoms with Crippen molar-refractivity contribution in [2.24, 2.45) is 11.3 Å². The Labute approximate surface area is 232 Å². The van der Waals surface area contributed by atoms with E-state index in [1.54, 1.807) is 25.8 Å². The lowest BCUT2D eigenvalue weighted by atomic mass is 9.84. The number of Topliss-reactive ketones (excluding diaryl/α,β-unsaturated/α-hetero) is 1. The molecular weight excluding hydrogens is 484 g/mol. The Morgan fingerprint density at radius 3 is 2.13 bits per heavy atom. The number of hydrogen-bond acceptors (Lipinski definition) is 7. The second kappa shape index (κ2) is 20.1. The molecule has 1 aromatic heterocycles. The summed E-state index contributed by atoms with van der Waals surface area (Å²) in [5.74, 6) is 0.0351. The van der Waals surface area contributed by atoms with E-state index in [1.807, 2.05) is 40.8 Å². The van der Waals surface area contributed by atoms with E-state index in [-0.39, 0.29) is 47.4 Å². The third kappa shape index (κ3) is 14.9. The molecule has 4 unspecified atom stereocenters. The minimum Gasteiger partial charge on any atom is -0.393 e. The molecule has 0 aliphatic heterocycles. The van der Waals surface area contributed by atoms with Gasteiger partial charge in [-0.3, -0.25) is 9.59 Å². The highest BCUT2D eigenvalue weighted by Crippen LogP contribution is 2.30. The Morgan fingerprint density at radius 1 is 1.16 bits per heavy atom. The van der Waals surface area contributed by atoms with Crippen molar-refractivity contribution in [3.05, 3.63) is 11.9 Å². The van der Waals surface area contributed by atoms with Gasteiger partial charge in [-0.1, -0.05) is 79.9 Å². The Morgan fingerprint density at radius 2 is 1.76 bits per heavy atom. The van der Waals surface area contributed by atoms with Gasteiger partial charge in [0.2, 0.25) is 5.91 Å². The third-order valence-electron chi connectivity index (χ3n) is 6.68. The lowest BCUT2D eigenvalue weighted by Gasteiger charge is -2.28. The number of aromatic nitrogens is 3. The first kappa shape index (κ1) is 38.3. The van der Waals surface area contributed by atoms with E-state index in [1.165, 1.54) is 0 Å². The van der Waals surface area contributed by atoms with E-state index in [0.717, 1.165) is 44.2 Å². The summed E-state index contributed by atoms with van der Waals surface area (Å²) in [5.41, 5.74) is 0.553. The van der Waals surface area contributed by atoms with E-state index >= 15 is 0 Å². The molecule has 1 heterocycles. The summed E-state index contributed by atoms with van der Waals surface area (Å²) in [7, 11) is 3.28. The van der Waals surface area contributed by atoms with Crippen molar-refractivity contribution in [1.29, 1.82) is 0 Å². The number of unbranched alkanes of at least 4 members (excludes halogenated alkanes) is 1. The first-order valence-electron chi connectivity index (χ1n) is 14.2. The van der Waals surface area contributed by atoms with Crippen molar-refractivity contribution in [2.45, 2.75) is 131 Å². The van der Waals surface area contributed by atoms with Crippen LogP contribution >= 0.6 is 0 Å². The van der Waals surface area contributed by atoms with E-state index < -0.39 is 0 Å². The number of aryl methyl sites for hydroxylation is 1. The van der Waals surface area contributed by atoms with Crippen molar-refractivity contribution in [3.63, 3.8) is 0 Å². The van der Waals surface area contributed by atoms with Crippen LogP contribution in [0.1, 0.15) is 119 Å². The number of rotatable bonds is 14. The van der Waals surface area contributed by atoms with Gasteiger partial charge in [0.15, 0.2) is 5.78 Å². The Bertz CT molecular complexity index is 748. The smallest absolute Gasteiger partial charge is 0.222 e. The van der Waals surface area contributed by atoms with Crippen molar-refractivity contribution in [2.75, 3.05) is 20.8 Å². The van der Waals surface area contributed by atoms with Gasteiger partial charge in [-0.05, 0) is 44.4 Å². The molecule has 0 bridgehead atoms. The van der Waals surface area contributed by atoms with Gasteiger partial charge in [0.1, 0.15) is 6.04 Å². The van der Waals surface area contributed by atoms with Crippen LogP contribution in [0, 0.1) is 11.3 Å². The number of ketones is 1. The Kier molecular flexibility index (Phi) is 20.3. The Hall–Kier alpha value is -1.84. The molecule has 1 amide bonds. The van der Waals surface area contributed by atoms with Gasteiger partial charge >= 0.3 is 0 Å². The number of methoxy groups -OCH3 is 1. The van der Waals surface area contributed by atoms with Gasteiger partial charge in [-0.2, -0.15) is 0 Å². The van der Waals surface area contributed by atoms with Crippen LogP contribution in [0.4, 0.5) is 0 Å². The summed E-state index contributed by atoms with van der Waals surface area (Å²) in [5, 5.41) is 29.0. The van der Waals surface area contributed by atoms with Crippen LogP contribution in [0.3, 0.4) is 0 Å². The number of aliphatic hydroxyl groups excluding tert-OH is 2. The summed E-state index contributed by atoms with van der Waals surface area (Å²) >= 11 is 0. The van der Waals surface area contributed by atoms with Gasteiger partial charge in [-0.25, -0.2) is 4.68 Å². The third-order valence-corrected chi connectivity index (χ3v) is 6.68. The van der Waals surface area contributed by atoms with Gasteiger partial charge in [0, 0.05) is 26.3 Å². The fraction of sp³-hybridized carbons (Fsp3) is 0.862. The molecule has 0 saturated heterocycles. The van der Waals surface area contributed by atoms with E-state index in [4.69, 9.17) is 9.84 Å². The van der Waals surface area contributed by atoms with Crippen molar-refractivity contribution >= 4 is 11.7 Å². The normalized spacial score (nSPS) is 15.1. The molecule has 0 saturated carbocycles. The number of carbonyl (C=O) groups is 2. The van der Waals surface area contributed by atoms with Crippen LogP contribution in [0.25, 0.3) is 0 Å². The molecule has 9 nitrogen and oxygen atoms in total. The van der Waals surface area contributed by atoms with Gasteiger partial charge in [0.05, 0.1) is 24.0 Å². The Balaban J connectivity index is 0. The predicted molar refractivity (Wildman–Crippen MR) is 154 cm³/mol. The van der Waals surface area contributed by atoms with Crippen LogP contribution in [0.5, 0.6) is 0 Å². The zero-order valence-corrected chi connectivity index (χ0v) is 26.1. The van der Waals surface area contributed by atoms with Gasteiger partial charge < -0.3 is 20.3 Å². The lowest BCUT2D eigenvalue weighted by Crippen LogP contribution is -2.34. The largest absolute Gasteiger partial charge is 0.393 e. The van der Waals surface area contributed by atoms with Gasteiger partial charge in [-0.15, -0.1) is 5.10 Å². The quantitative estimate of drug-likeness (QED) is 0.305. The predicted octanol–water partition coefficient (Wildman–Crippen LogP) is 4.90. The van der Waals surface area contributed by atoms with E-state index in [9.17, 15) is 14.7 Å². The standard InChI is InChI=1S/C12H21N3O.C9H20O2.C8H17NO2/c1-6-7-10-8-15(14-13-10)11(9(2)16)12(3,4)5;1-4-6-7-9(5-2,8-10)11-3;1-4-7(10)5-6(2)8(11)9-3/h8,11H,6-7H2,1-5H3;10H,4-8H2,1-3H3;6-7,10H,4-5H2,1-3H3,(H,9,11). The number of ether oxygens (including phenoxy) is 1. The molecule has 0 aliphatic rings. The maximum Gasteiger partial charge on any atom is 0.222 e. The summed E-state index contributed by atoms with van der Waals surface area (Å²) in [4.78, 5) is 22.6. The highest BCUT2D eigenvalue weighted by atomic mass is 16.5.